The monoisotopic (exact) mass is 631 g/mol. The molecule has 1 fully saturated rings. The van der Waals surface area contributed by atoms with Crippen LogP contribution in [-0.4, -0.2) is 46.3 Å². The smallest absolute Gasteiger partial charge is 0.407 e. The lowest BCUT2D eigenvalue weighted by Crippen LogP contribution is -2.48. The molecular weight excluding hydrogens is 598 g/mol. The molecule has 214 valence electrons. The van der Waals surface area contributed by atoms with Gasteiger partial charge >= 0.3 is 6.09 Å². The van der Waals surface area contributed by atoms with Crippen LogP contribution in [0.2, 0.25) is 5.15 Å². The van der Waals surface area contributed by atoms with Crippen molar-refractivity contribution in [1.82, 2.24) is 20.8 Å². The molecule has 1 unspecified atom stereocenters. The maximum Gasteiger partial charge on any atom is 0.407 e. The summed E-state index contributed by atoms with van der Waals surface area (Å²) in [6.07, 6.45) is 2.92. The van der Waals surface area contributed by atoms with E-state index >= 15 is 0 Å². The summed E-state index contributed by atoms with van der Waals surface area (Å²) in [4.78, 5) is 38.7. The van der Waals surface area contributed by atoms with Gasteiger partial charge < -0.3 is 20.7 Å². The summed E-state index contributed by atoms with van der Waals surface area (Å²) in [6, 6.07) is 12.2. The van der Waals surface area contributed by atoms with E-state index in [0.717, 1.165) is 28.3 Å². The fraction of sp³-hybridized carbons (Fsp3) is 0.448. The van der Waals surface area contributed by atoms with E-state index in [4.69, 9.17) is 16.3 Å². The van der Waals surface area contributed by atoms with Crippen LogP contribution in [0.5, 0.6) is 0 Å². The Morgan fingerprint density at radius 2 is 1.80 bits per heavy atom. The molecule has 40 heavy (non-hydrogen) atoms. The number of aromatic nitrogens is 2. The summed E-state index contributed by atoms with van der Waals surface area (Å²) in [5.74, 6) is -0.353. The number of amides is 3. The lowest BCUT2D eigenvalue weighted by molar-refractivity contribution is -0.130. The van der Waals surface area contributed by atoms with Crippen molar-refractivity contribution in [2.24, 2.45) is 11.8 Å². The molecule has 3 aromatic rings. The Labute approximate surface area is 247 Å². The number of carbonyl (C=O) groups is 3. The quantitative estimate of drug-likeness (QED) is 0.243. The summed E-state index contributed by atoms with van der Waals surface area (Å²) < 4.78 is 6.24. The van der Waals surface area contributed by atoms with E-state index in [1.807, 2.05) is 45.0 Å². The molecule has 0 spiro atoms. The van der Waals surface area contributed by atoms with Gasteiger partial charge in [0.15, 0.2) is 5.15 Å². The maximum absolute atomic E-state index is 13.4. The number of fused-ring (bicyclic) bond motifs is 1. The molecule has 1 atom stereocenters. The van der Waals surface area contributed by atoms with Crippen LogP contribution in [0.1, 0.15) is 52.0 Å². The summed E-state index contributed by atoms with van der Waals surface area (Å²) in [5, 5.41) is 16.7. The highest BCUT2D eigenvalue weighted by atomic mass is 79.9. The molecule has 11 heteroatoms. The number of alkyl carbamates (subject to hydrolysis) is 1. The Morgan fingerprint density at radius 3 is 2.48 bits per heavy atom. The van der Waals surface area contributed by atoms with Gasteiger partial charge in [0, 0.05) is 34.4 Å². The van der Waals surface area contributed by atoms with Gasteiger partial charge in [-0.15, -0.1) is 0 Å². The first-order valence-corrected chi connectivity index (χ1v) is 14.6. The van der Waals surface area contributed by atoms with Crippen molar-refractivity contribution >= 4 is 62.0 Å². The Morgan fingerprint density at radius 1 is 1.10 bits per heavy atom. The topological polar surface area (TPSA) is 125 Å². The largest absolute Gasteiger partial charge is 0.444 e. The van der Waals surface area contributed by atoms with Crippen LogP contribution in [0.25, 0.3) is 10.9 Å². The SMILES string of the molecule is CC(C)(C)OC(=O)NC[C@H]1CC[C@H](C(=O)NC(Cc2ccc(Br)cc2)C(=O)Nc2ccc3c(Cl)n[nH]c3c2)CC1. The van der Waals surface area contributed by atoms with Gasteiger partial charge in [-0.05, 0) is 88.3 Å². The van der Waals surface area contributed by atoms with Gasteiger partial charge in [0.1, 0.15) is 11.6 Å². The summed E-state index contributed by atoms with van der Waals surface area (Å²) in [5.41, 5.74) is 1.66. The number of carbonyl (C=O) groups excluding carboxylic acids is 3. The minimum atomic E-state index is -0.763. The van der Waals surface area contributed by atoms with Crippen LogP contribution >= 0.6 is 27.5 Å². The van der Waals surface area contributed by atoms with E-state index in [2.05, 4.69) is 42.1 Å². The van der Waals surface area contributed by atoms with Gasteiger partial charge in [0.2, 0.25) is 11.8 Å². The fourth-order valence-electron chi connectivity index (χ4n) is 4.82. The van der Waals surface area contributed by atoms with Crippen molar-refractivity contribution in [2.75, 3.05) is 11.9 Å². The third-order valence-corrected chi connectivity index (χ3v) is 7.74. The highest BCUT2D eigenvalue weighted by molar-refractivity contribution is 9.10. The third-order valence-electron chi connectivity index (χ3n) is 6.92. The van der Waals surface area contributed by atoms with Crippen LogP contribution in [0.15, 0.2) is 46.9 Å². The van der Waals surface area contributed by atoms with Crippen LogP contribution in [0.3, 0.4) is 0 Å². The van der Waals surface area contributed by atoms with Crippen LogP contribution in [0.4, 0.5) is 10.5 Å². The number of ether oxygens (including phenoxy) is 1. The molecule has 1 aliphatic rings. The first-order chi connectivity index (χ1) is 19.0. The van der Waals surface area contributed by atoms with Crippen LogP contribution in [0, 0.1) is 11.8 Å². The second-order valence-electron chi connectivity index (χ2n) is 11.3. The van der Waals surface area contributed by atoms with Crippen molar-refractivity contribution in [2.45, 2.75) is 64.5 Å². The number of nitrogens with zero attached hydrogens (tertiary/aromatic N) is 1. The minimum absolute atomic E-state index is 0.133. The zero-order chi connectivity index (χ0) is 28.9. The fourth-order valence-corrected chi connectivity index (χ4v) is 5.29. The lowest BCUT2D eigenvalue weighted by atomic mass is 9.81. The van der Waals surface area contributed by atoms with Crippen molar-refractivity contribution in [3.05, 3.63) is 57.7 Å². The number of aromatic amines is 1. The predicted molar refractivity (Wildman–Crippen MR) is 159 cm³/mol. The minimum Gasteiger partial charge on any atom is -0.444 e. The molecule has 4 N–H and O–H groups in total. The highest BCUT2D eigenvalue weighted by Crippen LogP contribution is 2.29. The number of hydrogen-bond donors (Lipinski definition) is 4. The van der Waals surface area contributed by atoms with Gasteiger partial charge in [-0.3, -0.25) is 14.7 Å². The average Bonchev–Trinajstić information content (AvgIpc) is 3.27. The predicted octanol–water partition coefficient (Wildman–Crippen LogP) is 5.98. The zero-order valence-corrected chi connectivity index (χ0v) is 25.2. The van der Waals surface area contributed by atoms with E-state index in [0.29, 0.717) is 42.2 Å². The molecule has 2 aromatic carbocycles. The molecule has 1 aromatic heterocycles. The molecule has 1 heterocycles. The third kappa shape index (κ3) is 8.44. The van der Waals surface area contributed by atoms with Crippen molar-refractivity contribution in [1.29, 1.82) is 0 Å². The molecule has 0 saturated heterocycles. The van der Waals surface area contributed by atoms with Crippen molar-refractivity contribution in [3.8, 4) is 0 Å². The number of nitrogens with one attached hydrogen (secondary N) is 4. The molecule has 9 nitrogen and oxygen atoms in total. The Bertz CT molecular complexity index is 1350. The number of H-pyrrole nitrogens is 1. The highest BCUT2D eigenvalue weighted by Gasteiger charge is 2.30. The second-order valence-corrected chi connectivity index (χ2v) is 12.5. The van der Waals surface area contributed by atoms with Gasteiger partial charge in [-0.1, -0.05) is 39.7 Å². The van der Waals surface area contributed by atoms with Gasteiger partial charge in [-0.2, -0.15) is 5.10 Å². The molecule has 0 radical (unpaired) electrons. The molecular formula is C29H35BrClN5O4. The van der Waals surface area contributed by atoms with Gasteiger partial charge in [0.05, 0.1) is 5.52 Å². The van der Waals surface area contributed by atoms with E-state index in [9.17, 15) is 14.4 Å². The maximum atomic E-state index is 13.4. The Kier molecular flexibility index (Phi) is 9.73. The summed E-state index contributed by atoms with van der Waals surface area (Å²) in [7, 11) is 0. The lowest BCUT2D eigenvalue weighted by Gasteiger charge is -2.29. The molecule has 3 amide bonds. The average molecular weight is 633 g/mol. The van der Waals surface area contributed by atoms with E-state index in [1.165, 1.54) is 0 Å². The second kappa shape index (κ2) is 13.0. The zero-order valence-electron chi connectivity index (χ0n) is 22.9. The molecule has 1 aliphatic carbocycles. The van der Waals surface area contributed by atoms with Gasteiger partial charge in [0.25, 0.3) is 0 Å². The normalized spacial score (nSPS) is 18.1. The number of rotatable bonds is 8. The molecule has 0 bridgehead atoms. The first kappa shape index (κ1) is 29.9. The Balaban J connectivity index is 1.36. The molecule has 0 aliphatic heterocycles. The van der Waals surface area contributed by atoms with Gasteiger partial charge in [-0.25, -0.2) is 4.79 Å². The Hall–Kier alpha value is -3.11. The molecule has 4 rings (SSSR count). The summed E-state index contributed by atoms with van der Waals surface area (Å²) in [6.45, 7) is 6.00. The van der Waals surface area contributed by atoms with Crippen LogP contribution in [-0.2, 0) is 20.7 Å². The van der Waals surface area contributed by atoms with E-state index < -0.39 is 17.7 Å². The summed E-state index contributed by atoms with van der Waals surface area (Å²) >= 11 is 9.51. The molecule has 1 saturated carbocycles. The van der Waals surface area contributed by atoms with Crippen molar-refractivity contribution in [3.63, 3.8) is 0 Å². The number of anilines is 1. The number of halogens is 2. The first-order valence-electron chi connectivity index (χ1n) is 13.4. The van der Waals surface area contributed by atoms with Crippen LogP contribution < -0.4 is 16.0 Å². The standard InChI is InChI=1S/C29H35BrClN5O4/c1-29(2,3)40-28(39)32-16-18-4-8-19(9-5-18)26(37)34-24(14-17-6-10-20(30)11-7-17)27(38)33-21-12-13-22-23(15-21)35-36-25(22)31/h6-7,10-13,15,18-19,24H,4-5,8-9,14,16H2,1-3H3,(H,32,39)(H,33,38)(H,34,37)(H,35,36)/t18-,19-,24?. The van der Waals surface area contributed by atoms with E-state index in [1.54, 1.807) is 18.2 Å². The number of benzene rings is 2. The van der Waals surface area contributed by atoms with E-state index in [-0.39, 0.29) is 23.7 Å². The number of hydrogen-bond acceptors (Lipinski definition) is 5. The van der Waals surface area contributed by atoms with Crippen molar-refractivity contribution < 1.29 is 19.1 Å².